The summed E-state index contributed by atoms with van der Waals surface area (Å²) in [5.74, 6) is -2.11. The average molecular weight is 349 g/mol. The maximum absolute atomic E-state index is 12.3. The summed E-state index contributed by atoms with van der Waals surface area (Å²) in [5.41, 5.74) is 1.09. The summed E-state index contributed by atoms with van der Waals surface area (Å²) >= 11 is 0. The molecule has 0 aliphatic heterocycles. The number of rotatable bonds is 7. The van der Waals surface area contributed by atoms with Gasteiger partial charge in [-0.05, 0) is 32.3 Å². The standard InChI is InChI=1S/C19H27NO5/c1-3-24-18(22)14-10-16(20-12-13-8-6-5-7-9-13)17(21)11-15(14)19(23)25-4-2/h5-9,14-17,20-21H,3-4,10-12H2,1-2H3/t14-,15-,16-,17-/m1/s1. The molecule has 0 unspecified atom stereocenters. The third-order valence-corrected chi connectivity index (χ3v) is 4.54. The molecule has 25 heavy (non-hydrogen) atoms. The number of aliphatic hydroxyl groups is 1. The van der Waals surface area contributed by atoms with E-state index in [9.17, 15) is 14.7 Å². The Hall–Kier alpha value is -1.92. The zero-order chi connectivity index (χ0) is 18.2. The summed E-state index contributed by atoms with van der Waals surface area (Å²) in [4.78, 5) is 24.5. The molecule has 0 heterocycles. The normalized spacial score (nSPS) is 26.0. The van der Waals surface area contributed by atoms with E-state index in [2.05, 4.69) is 5.32 Å². The van der Waals surface area contributed by atoms with E-state index in [1.54, 1.807) is 13.8 Å². The Morgan fingerprint density at radius 3 is 2.16 bits per heavy atom. The van der Waals surface area contributed by atoms with Crippen molar-refractivity contribution in [2.24, 2.45) is 11.8 Å². The van der Waals surface area contributed by atoms with E-state index in [4.69, 9.17) is 9.47 Å². The summed E-state index contributed by atoms with van der Waals surface area (Å²) in [6.07, 6.45) is -0.186. The summed E-state index contributed by atoms with van der Waals surface area (Å²) < 4.78 is 10.2. The number of ether oxygens (including phenoxy) is 2. The van der Waals surface area contributed by atoms with Crippen LogP contribution in [0.5, 0.6) is 0 Å². The van der Waals surface area contributed by atoms with Gasteiger partial charge in [-0.3, -0.25) is 9.59 Å². The third-order valence-electron chi connectivity index (χ3n) is 4.54. The Balaban J connectivity index is 2.05. The first-order chi connectivity index (χ1) is 12.1. The summed E-state index contributed by atoms with van der Waals surface area (Å²) in [5, 5.41) is 13.7. The van der Waals surface area contributed by atoms with E-state index in [0.29, 0.717) is 13.0 Å². The maximum atomic E-state index is 12.3. The van der Waals surface area contributed by atoms with Gasteiger partial charge in [0.05, 0.1) is 31.2 Å². The van der Waals surface area contributed by atoms with Crippen LogP contribution in [0.2, 0.25) is 0 Å². The minimum Gasteiger partial charge on any atom is -0.466 e. The number of hydrogen-bond donors (Lipinski definition) is 2. The summed E-state index contributed by atoms with van der Waals surface area (Å²) in [7, 11) is 0. The van der Waals surface area contributed by atoms with Crippen molar-refractivity contribution in [3.05, 3.63) is 35.9 Å². The lowest BCUT2D eigenvalue weighted by Crippen LogP contribution is -2.51. The van der Waals surface area contributed by atoms with Gasteiger partial charge in [0.15, 0.2) is 0 Å². The Morgan fingerprint density at radius 2 is 1.60 bits per heavy atom. The largest absolute Gasteiger partial charge is 0.466 e. The van der Waals surface area contributed by atoms with Gasteiger partial charge in [-0.15, -0.1) is 0 Å². The molecular formula is C19H27NO5. The lowest BCUT2D eigenvalue weighted by Gasteiger charge is -2.37. The van der Waals surface area contributed by atoms with Gasteiger partial charge in [-0.1, -0.05) is 30.3 Å². The molecule has 138 valence electrons. The summed E-state index contributed by atoms with van der Waals surface area (Å²) in [6, 6.07) is 9.55. The molecule has 0 amide bonds. The minimum absolute atomic E-state index is 0.189. The molecule has 2 rings (SSSR count). The van der Waals surface area contributed by atoms with Crippen LogP contribution in [0, 0.1) is 11.8 Å². The summed E-state index contributed by atoms with van der Waals surface area (Å²) in [6.45, 7) is 4.55. The van der Waals surface area contributed by atoms with Crippen molar-refractivity contribution in [3.8, 4) is 0 Å². The van der Waals surface area contributed by atoms with E-state index in [0.717, 1.165) is 5.56 Å². The van der Waals surface area contributed by atoms with Gasteiger partial charge in [0, 0.05) is 12.6 Å². The number of nitrogens with one attached hydrogen (secondary N) is 1. The van der Waals surface area contributed by atoms with Crippen molar-refractivity contribution >= 4 is 11.9 Å². The van der Waals surface area contributed by atoms with Crippen LogP contribution in [-0.2, 0) is 25.6 Å². The Morgan fingerprint density at radius 1 is 1.04 bits per heavy atom. The van der Waals surface area contributed by atoms with Gasteiger partial charge in [0.2, 0.25) is 0 Å². The monoisotopic (exact) mass is 349 g/mol. The molecule has 4 atom stereocenters. The van der Waals surface area contributed by atoms with Gasteiger partial charge in [0.1, 0.15) is 0 Å². The average Bonchev–Trinajstić information content (AvgIpc) is 2.61. The molecule has 1 aliphatic rings. The van der Waals surface area contributed by atoms with E-state index < -0.39 is 29.9 Å². The van der Waals surface area contributed by atoms with Crippen LogP contribution in [0.3, 0.4) is 0 Å². The number of aliphatic hydroxyl groups excluding tert-OH is 1. The van der Waals surface area contributed by atoms with Gasteiger partial charge in [-0.25, -0.2) is 0 Å². The molecule has 1 fully saturated rings. The van der Waals surface area contributed by atoms with Gasteiger partial charge in [-0.2, -0.15) is 0 Å². The Kier molecular flexibility index (Phi) is 7.40. The smallest absolute Gasteiger partial charge is 0.309 e. The molecule has 6 nitrogen and oxygen atoms in total. The highest BCUT2D eigenvalue weighted by molar-refractivity contribution is 5.82. The van der Waals surface area contributed by atoms with Crippen LogP contribution in [0.1, 0.15) is 32.3 Å². The molecule has 1 aliphatic carbocycles. The molecule has 2 N–H and O–H groups in total. The Bertz CT molecular complexity index is 562. The van der Waals surface area contributed by atoms with Crippen LogP contribution in [0.25, 0.3) is 0 Å². The SMILES string of the molecule is CCOC(=O)[C@@H]1C[C@@H](O)[C@H](NCc2ccccc2)C[C@H]1C(=O)OCC. The first kappa shape index (κ1) is 19.4. The number of hydrogen-bond acceptors (Lipinski definition) is 6. The van der Waals surface area contributed by atoms with Crippen LogP contribution >= 0.6 is 0 Å². The third kappa shape index (κ3) is 5.28. The number of carbonyl (C=O) groups is 2. The van der Waals surface area contributed by atoms with Crippen molar-refractivity contribution < 1.29 is 24.2 Å². The molecule has 0 bridgehead atoms. The van der Waals surface area contributed by atoms with Gasteiger partial charge >= 0.3 is 11.9 Å². The van der Waals surface area contributed by atoms with E-state index in [1.807, 2.05) is 30.3 Å². The molecule has 1 saturated carbocycles. The van der Waals surface area contributed by atoms with Crippen molar-refractivity contribution in [1.82, 2.24) is 5.32 Å². The molecule has 6 heteroatoms. The minimum atomic E-state index is -0.719. The van der Waals surface area contributed by atoms with Crippen molar-refractivity contribution in [2.45, 2.75) is 45.4 Å². The van der Waals surface area contributed by atoms with Crippen molar-refractivity contribution in [2.75, 3.05) is 13.2 Å². The molecule has 1 aromatic carbocycles. The lowest BCUT2D eigenvalue weighted by atomic mass is 9.75. The fourth-order valence-corrected chi connectivity index (χ4v) is 3.27. The van der Waals surface area contributed by atoms with Crippen LogP contribution < -0.4 is 5.32 Å². The van der Waals surface area contributed by atoms with Gasteiger partial charge in [0.25, 0.3) is 0 Å². The lowest BCUT2D eigenvalue weighted by molar-refractivity contribution is -0.165. The topological polar surface area (TPSA) is 84.9 Å². The first-order valence-electron chi connectivity index (χ1n) is 8.85. The predicted molar refractivity (Wildman–Crippen MR) is 92.6 cm³/mol. The predicted octanol–water partition coefficient (Wildman–Crippen LogP) is 1.66. The fourth-order valence-electron chi connectivity index (χ4n) is 3.27. The maximum Gasteiger partial charge on any atom is 0.309 e. The molecule has 0 radical (unpaired) electrons. The number of benzene rings is 1. The van der Waals surface area contributed by atoms with Crippen LogP contribution in [-0.4, -0.2) is 42.4 Å². The van der Waals surface area contributed by atoms with E-state index in [1.165, 1.54) is 0 Å². The second-order valence-electron chi connectivity index (χ2n) is 6.23. The van der Waals surface area contributed by atoms with Crippen molar-refractivity contribution in [3.63, 3.8) is 0 Å². The van der Waals surface area contributed by atoms with Crippen LogP contribution in [0.4, 0.5) is 0 Å². The zero-order valence-electron chi connectivity index (χ0n) is 14.8. The van der Waals surface area contributed by atoms with E-state index in [-0.39, 0.29) is 25.7 Å². The van der Waals surface area contributed by atoms with E-state index >= 15 is 0 Å². The molecule has 0 spiro atoms. The Labute approximate surface area is 148 Å². The highest BCUT2D eigenvalue weighted by Crippen LogP contribution is 2.33. The first-order valence-corrected chi connectivity index (χ1v) is 8.85. The number of esters is 2. The van der Waals surface area contributed by atoms with Gasteiger partial charge < -0.3 is 19.9 Å². The number of carbonyl (C=O) groups excluding carboxylic acids is 2. The second-order valence-corrected chi connectivity index (χ2v) is 6.23. The highest BCUT2D eigenvalue weighted by Gasteiger charge is 2.44. The van der Waals surface area contributed by atoms with Crippen LogP contribution in [0.15, 0.2) is 30.3 Å². The molecule has 0 saturated heterocycles. The molecular weight excluding hydrogens is 322 g/mol. The highest BCUT2D eigenvalue weighted by atomic mass is 16.5. The quantitative estimate of drug-likeness (QED) is 0.728. The fraction of sp³-hybridized carbons (Fsp3) is 0.579. The second kappa shape index (κ2) is 9.53. The molecule has 1 aromatic rings. The molecule has 0 aromatic heterocycles. The van der Waals surface area contributed by atoms with Crippen molar-refractivity contribution in [1.29, 1.82) is 0 Å². The zero-order valence-corrected chi connectivity index (χ0v) is 14.8.